The fraction of sp³-hybridized carbons (Fsp3) is 0.923. The summed E-state index contributed by atoms with van der Waals surface area (Å²) in [5, 5.41) is 0.267. The molecule has 0 aromatic heterocycles. The SMILES string of the molecule is BC(C)(C)CC(C)N(CC(C)(C)C)C(=O)BC. The number of amides is 1. The Morgan fingerprint density at radius 3 is 2.06 bits per heavy atom. The zero-order valence-electron chi connectivity index (χ0n) is 13.1. The van der Waals surface area contributed by atoms with E-state index in [4.69, 9.17) is 0 Å². The van der Waals surface area contributed by atoms with Crippen LogP contribution in [0.1, 0.15) is 48.0 Å². The average Bonchev–Trinajstić information content (AvgIpc) is 2.08. The number of carbonyl (C=O) groups excluding carboxylic acids is 1. The number of nitrogens with zero attached hydrogens (tertiary/aromatic N) is 1. The van der Waals surface area contributed by atoms with Crippen molar-refractivity contribution in [2.75, 3.05) is 6.54 Å². The smallest absolute Gasteiger partial charge is 0.230 e. The van der Waals surface area contributed by atoms with Crippen LogP contribution in [0.5, 0.6) is 0 Å². The molecular weight excluding hydrogens is 208 g/mol. The van der Waals surface area contributed by atoms with E-state index in [9.17, 15) is 4.79 Å². The Morgan fingerprint density at radius 2 is 1.76 bits per heavy atom. The molecule has 0 aliphatic rings. The lowest BCUT2D eigenvalue weighted by Gasteiger charge is -2.37. The quantitative estimate of drug-likeness (QED) is 0.673. The molecule has 1 amide bonds. The van der Waals surface area contributed by atoms with Gasteiger partial charge in [-0.2, -0.15) is 0 Å². The molecule has 0 aromatic rings. The highest BCUT2D eigenvalue weighted by molar-refractivity contribution is 6.72. The molecule has 0 N–H and O–H groups in total. The van der Waals surface area contributed by atoms with Crippen molar-refractivity contribution >= 4 is 20.9 Å². The fourth-order valence-electron chi connectivity index (χ4n) is 2.20. The van der Waals surface area contributed by atoms with Gasteiger partial charge in [-0.1, -0.05) is 46.8 Å². The number of carbonyl (C=O) groups is 1. The van der Waals surface area contributed by atoms with Crippen LogP contribution in [0.25, 0.3) is 0 Å². The van der Waals surface area contributed by atoms with Crippen LogP contribution < -0.4 is 0 Å². The van der Waals surface area contributed by atoms with E-state index in [1.807, 2.05) is 6.82 Å². The Labute approximate surface area is 109 Å². The first kappa shape index (κ1) is 16.6. The minimum atomic E-state index is 0.164. The van der Waals surface area contributed by atoms with Crippen molar-refractivity contribution < 1.29 is 4.79 Å². The molecule has 1 unspecified atom stereocenters. The second-order valence-electron chi connectivity index (χ2n) is 7.55. The molecule has 0 saturated carbocycles. The van der Waals surface area contributed by atoms with E-state index >= 15 is 0 Å². The summed E-state index contributed by atoms with van der Waals surface area (Å²) in [4.78, 5) is 14.1. The third kappa shape index (κ3) is 7.51. The molecule has 0 aliphatic carbocycles. The summed E-state index contributed by atoms with van der Waals surface area (Å²) in [6.07, 6.45) is 1.05. The summed E-state index contributed by atoms with van der Waals surface area (Å²) in [5.74, 6) is 0.275. The Kier molecular flexibility index (Phi) is 5.83. The highest BCUT2D eigenvalue weighted by atomic mass is 16.2. The van der Waals surface area contributed by atoms with Crippen molar-refractivity contribution in [2.24, 2.45) is 5.41 Å². The maximum Gasteiger partial charge on any atom is 0.230 e. The standard InChI is InChI=1S/C13H29B2NO/c1-10(8-13(5,6)14)16(11(17)15-7)9-12(2,3)4/h10,15H,8-9,14H2,1-7H3. The van der Waals surface area contributed by atoms with Crippen LogP contribution in [0.4, 0.5) is 4.79 Å². The molecule has 4 heteroatoms. The lowest BCUT2D eigenvalue weighted by atomic mass is 9.68. The summed E-state index contributed by atoms with van der Waals surface area (Å²) in [6, 6.07) is 0.321. The van der Waals surface area contributed by atoms with Crippen LogP contribution in [-0.2, 0) is 0 Å². The van der Waals surface area contributed by atoms with E-state index in [1.165, 1.54) is 0 Å². The summed E-state index contributed by atoms with van der Waals surface area (Å²) in [5.41, 5.74) is 0.164. The van der Waals surface area contributed by atoms with Crippen molar-refractivity contribution in [3.63, 3.8) is 0 Å². The summed E-state index contributed by atoms with van der Waals surface area (Å²) < 4.78 is 0. The Hall–Kier alpha value is -0.400. The van der Waals surface area contributed by atoms with E-state index in [1.54, 1.807) is 0 Å². The minimum Gasteiger partial charge on any atom is -0.348 e. The van der Waals surface area contributed by atoms with Gasteiger partial charge >= 0.3 is 0 Å². The zero-order valence-corrected chi connectivity index (χ0v) is 13.1. The van der Waals surface area contributed by atoms with Crippen molar-refractivity contribution in [3.8, 4) is 0 Å². The van der Waals surface area contributed by atoms with Crippen molar-refractivity contribution in [1.82, 2.24) is 4.90 Å². The maximum atomic E-state index is 12.0. The molecule has 0 rings (SSSR count). The Balaban J connectivity index is 4.75. The second kappa shape index (κ2) is 5.97. The fourth-order valence-corrected chi connectivity index (χ4v) is 2.20. The lowest BCUT2D eigenvalue weighted by molar-refractivity contribution is 0.160. The van der Waals surface area contributed by atoms with Gasteiger partial charge in [0.15, 0.2) is 5.81 Å². The summed E-state index contributed by atoms with van der Waals surface area (Å²) >= 11 is 0. The zero-order chi connectivity index (χ0) is 13.9. The van der Waals surface area contributed by atoms with E-state index in [-0.39, 0.29) is 16.5 Å². The van der Waals surface area contributed by atoms with Crippen molar-refractivity contribution in [3.05, 3.63) is 0 Å². The molecule has 17 heavy (non-hydrogen) atoms. The van der Waals surface area contributed by atoms with Crippen LogP contribution in [-0.4, -0.2) is 38.4 Å². The maximum absolute atomic E-state index is 12.0. The van der Waals surface area contributed by atoms with Crippen LogP contribution in [0.3, 0.4) is 0 Å². The van der Waals surface area contributed by atoms with Crippen molar-refractivity contribution in [1.29, 1.82) is 0 Å². The molecular formula is C13H29B2NO. The normalized spacial score (nSPS) is 14.3. The van der Waals surface area contributed by atoms with E-state index in [0.29, 0.717) is 13.3 Å². The predicted molar refractivity (Wildman–Crippen MR) is 81.2 cm³/mol. The van der Waals surface area contributed by atoms with Gasteiger partial charge in [-0.15, -0.1) is 0 Å². The van der Waals surface area contributed by atoms with Gasteiger partial charge in [0.05, 0.1) is 0 Å². The number of rotatable bonds is 5. The van der Waals surface area contributed by atoms with Crippen LogP contribution >= 0.6 is 0 Å². The highest BCUT2D eigenvalue weighted by Crippen LogP contribution is 2.29. The third-order valence-corrected chi connectivity index (χ3v) is 2.71. The topological polar surface area (TPSA) is 20.3 Å². The van der Waals surface area contributed by atoms with Gasteiger partial charge in [0.2, 0.25) is 7.28 Å². The van der Waals surface area contributed by atoms with Gasteiger partial charge in [-0.05, 0) is 18.8 Å². The molecule has 0 aromatic carbocycles. The van der Waals surface area contributed by atoms with Crippen molar-refractivity contribution in [2.45, 2.75) is 66.1 Å². The Bertz CT molecular complexity index is 253. The monoisotopic (exact) mass is 237 g/mol. The van der Waals surface area contributed by atoms with Gasteiger partial charge in [-0.25, -0.2) is 0 Å². The van der Waals surface area contributed by atoms with E-state index in [2.05, 4.69) is 54.3 Å². The van der Waals surface area contributed by atoms with E-state index < -0.39 is 0 Å². The van der Waals surface area contributed by atoms with Crippen LogP contribution in [0.15, 0.2) is 0 Å². The van der Waals surface area contributed by atoms with Gasteiger partial charge in [0.25, 0.3) is 0 Å². The molecule has 0 bridgehead atoms. The molecule has 0 radical (unpaired) electrons. The Morgan fingerprint density at radius 1 is 1.29 bits per heavy atom. The first-order valence-corrected chi connectivity index (χ1v) is 6.76. The highest BCUT2D eigenvalue weighted by Gasteiger charge is 2.27. The number of hydrogen-bond donors (Lipinski definition) is 0. The van der Waals surface area contributed by atoms with Gasteiger partial charge in [-0.3, -0.25) is 4.79 Å². The molecule has 0 spiro atoms. The molecule has 0 saturated heterocycles. The molecule has 98 valence electrons. The van der Waals surface area contributed by atoms with Crippen LogP contribution in [0.2, 0.25) is 12.1 Å². The largest absolute Gasteiger partial charge is 0.348 e. The summed E-state index contributed by atoms with van der Waals surface area (Å²) in [6.45, 7) is 16.0. The van der Waals surface area contributed by atoms with Crippen LogP contribution in [0, 0.1) is 5.41 Å². The second-order valence-corrected chi connectivity index (χ2v) is 7.55. The molecule has 0 heterocycles. The van der Waals surface area contributed by atoms with Gasteiger partial charge < -0.3 is 4.90 Å². The molecule has 0 fully saturated rings. The first-order chi connectivity index (χ1) is 7.46. The third-order valence-electron chi connectivity index (χ3n) is 2.71. The predicted octanol–water partition coefficient (Wildman–Crippen LogP) is 2.55. The van der Waals surface area contributed by atoms with E-state index in [0.717, 1.165) is 13.0 Å². The molecule has 0 aliphatic heterocycles. The van der Waals surface area contributed by atoms with Gasteiger partial charge in [0, 0.05) is 12.6 Å². The average molecular weight is 237 g/mol. The lowest BCUT2D eigenvalue weighted by Crippen LogP contribution is -2.45. The van der Waals surface area contributed by atoms with Gasteiger partial charge in [0.1, 0.15) is 7.85 Å². The molecule has 2 nitrogen and oxygen atoms in total. The minimum absolute atomic E-state index is 0.164. The first-order valence-electron chi connectivity index (χ1n) is 6.76. The molecule has 1 atom stereocenters. The summed E-state index contributed by atoms with van der Waals surface area (Å²) in [7, 11) is 2.83. The number of hydrogen-bond acceptors (Lipinski definition) is 1.